The summed E-state index contributed by atoms with van der Waals surface area (Å²) in [6.45, 7) is 7.77. The van der Waals surface area contributed by atoms with Gasteiger partial charge in [0, 0.05) is 49.9 Å². The molecule has 1 aliphatic heterocycles. The van der Waals surface area contributed by atoms with Crippen LogP contribution in [0.2, 0.25) is 0 Å². The minimum atomic E-state index is -0.706. The molecule has 0 saturated heterocycles. The topological polar surface area (TPSA) is 156 Å². The summed E-state index contributed by atoms with van der Waals surface area (Å²) in [6, 6.07) is -1.35. The number of primary amides is 1. The first kappa shape index (κ1) is 29.0. The van der Waals surface area contributed by atoms with Crippen LogP contribution in [0.4, 0.5) is 4.79 Å². The third-order valence-electron chi connectivity index (χ3n) is 5.77. The van der Waals surface area contributed by atoms with Gasteiger partial charge in [-0.2, -0.15) is 0 Å². The van der Waals surface area contributed by atoms with Gasteiger partial charge in [-0.15, -0.1) is 0 Å². The van der Waals surface area contributed by atoms with E-state index in [1.807, 2.05) is 13.8 Å². The van der Waals surface area contributed by atoms with Gasteiger partial charge in [0.1, 0.15) is 5.78 Å². The molecule has 0 fully saturated rings. The fourth-order valence-corrected chi connectivity index (χ4v) is 3.71. The Labute approximate surface area is 201 Å². The van der Waals surface area contributed by atoms with Gasteiger partial charge in [0.05, 0.1) is 6.04 Å². The van der Waals surface area contributed by atoms with Crippen LogP contribution in [0.1, 0.15) is 66.2 Å². The van der Waals surface area contributed by atoms with Gasteiger partial charge in [0.2, 0.25) is 5.91 Å². The monoisotopic (exact) mass is 478 g/mol. The zero-order valence-electron chi connectivity index (χ0n) is 20.6. The van der Waals surface area contributed by atoms with Crippen molar-refractivity contribution >= 4 is 35.3 Å². The van der Waals surface area contributed by atoms with Gasteiger partial charge in [-0.25, -0.2) is 4.79 Å². The lowest BCUT2D eigenvalue weighted by molar-refractivity contribution is -0.137. The van der Waals surface area contributed by atoms with Crippen LogP contribution in [0.15, 0.2) is 12.2 Å². The van der Waals surface area contributed by atoms with Crippen LogP contribution in [-0.4, -0.2) is 59.4 Å². The quantitative estimate of drug-likeness (QED) is 0.225. The highest BCUT2D eigenvalue weighted by Gasteiger charge is 2.30. The second kappa shape index (κ2) is 14.3. The van der Waals surface area contributed by atoms with Gasteiger partial charge in [0.15, 0.2) is 5.78 Å². The van der Waals surface area contributed by atoms with Crippen molar-refractivity contribution in [1.82, 2.24) is 15.5 Å². The maximum atomic E-state index is 13.0. The summed E-state index contributed by atoms with van der Waals surface area (Å²) in [7, 11) is 0. The van der Waals surface area contributed by atoms with Gasteiger partial charge in [0.25, 0.3) is 11.8 Å². The van der Waals surface area contributed by atoms with E-state index in [1.54, 1.807) is 13.8 Å². The number of hydrogen-bond donors (Lipinski definition) is 3. The fraction of sp³-hybridized carbons (Fsp3) is 0.667. The average molecular weight is 479 g/mol. The van der Waals surface area contributed by atoms with Gasteiger partial charge < -0.3 is 16.4 Å². The van der Waals surface area contributed by atoms with Crippen LogP contribution in [0.3, 0.4) is 0 Å². The Balaban J connectivity index is 2.59. The van der Waals surface area contributed by atoms with Crippen molar-refractivity contribution in [3.05, 3.63) is 12.2 Å². The van der Waals surface area contributed by atoms with Crippen molar-refractivity contribution < 1.29 is 28.8 Å². The summed E-state index contributed by atoms with van der Waals surface area (Å²) in [5, 5.41) is 5.28. The standard InChI is InChI=1S/C24H38N4O6/c1-15(2)18(14-17(29)8-5-6-13-28-20(30)10-11-21(28)31)23(33)27-19(22(32)16(3)4)9-7-12-26-24(25)34/h10-11,15-16,18-19H,5-9,12-14H2,1-4H3,(H,27,33)(H3,25,26,34). The van der Waals surface area contributed by atoms with E-state index in [0.29, 0.717) is 32.2 Å². The molecular formula is C24H38N4O6. The fourth-order valence-electron chi connectivity index (χ4n) is 3.71. The highest BCUT2D eigenvalue weighted by molar-refractivity contribution is 6.12. The van der Waals surface area contributed by atoms with E-state index >= 15 is 0 Å². The van der Waals surface area contributed by atoms with Crippen molar-refractivity contribution in [3.63, 3.8) is 0 Å². The lowest BCUT2D eigenvalue weighted by Crippen LogP contribution is -2.47. The van der Waals surface area contributed by atoms with Crippen LogP contribution in [0.25, 0.3) is 0 Å². The highest BCUT2D eigenvalue weighted by atomic mass is 16.2. The van der Waals surface area contributed by atoms with Crippen LogP contribution in [-0.2, 0) is 24.0 Å². The Bertz CT molecular complexity index is 787. The predicted octanol–water partition coefficient (Wildman–Crippen LogP) is 1.47. The number of nitrogens with one attached hydrogen (secondary N) is 2. The first-order valence-corrected chi connectivity index (χ1v) is 11.9. The molecule has 0 radical (unpaired) electrons. The minimum Gasteiger partial charge on any atom is -0.352 e. The van der Waals surface area contributed by atoms with E-state index < -0.39 is 18.0 Å². The number of imide groups is 1. The summed E-state index contributed by atoms with van der Waals surface area (Å²) < 4.78 is 0. The molecule has 1 aliphatic rings. The summed E-state index contributed by atoms with van der Waals surface area (Å²) in [6.07, 6.45) is 4.58. The van der Waals surface area contributed by atoms with E-state index in [1.165, 1.54) is 12.2 Å². The number of hydrogen-bond acceptors (Lipinski definition) is 6. The number of carbonyl (C=O) groups is 6. The summed E-state index contributed by atoms with van der Waals surface area (Å²) >= 11 is 0. The molecule has 1 rings (SSSR count). The summed E-state index contributed by atoms with van der Waals surface area (Å²) in [5.41, 5.74) is 5.05. The predicted molar refractivity (Wildman–Crippen MR) is 126 cm³/mol. The zero-order valence-corrected chi connectivity index (χ0v) is 20.6. The number of unbranched alkanes of at least 4 members (excludes halogenated alkanes) is 1. The Morgan fingerprint density at radius 1 is 0.971 bits per heavy atom. The second-order valence-corrected chi connectivity index (χ2v) is 9.26. The summed E-state index contributed by atoms with van der Waals surface area (Å²) in [4.78, 5) is 73.2. The van der Waals surface area contributed by atoms with Crippen molar-refractivity contribution in [2.24, 2.45) is 23.5 Å². The molecule has 34 heavy (non-hydrogen) atoms. The highest BCUT2D eigenvalue weighted by Crippen LogP contribution is 2.19. The molecule has 10 heteroatoms. The van der Waals surface area contributed by atoms with E-state index in [0.717, 1.165) is 4.90 Å². The lowest BCUT2D eigenvalue weighted by atomic mass is 9.87. The van der Waals surface area contributed by atoms with E-state index in [9.17, 15) is 28.8 Å². The SMILES string of the molecule is CC(C)C(=O)C(CCCNC(N)=O)NC(=O)C(CC(=O)CCCCN1C(=O)C=CC1=O)C(C)C. The maximum Gasteiger partial charge on any atom is 0.312 e. The van der Waals surface area contributed by atoms with Crippen LogP contribution in [0.5, 0.6) is 0 Å². The van der Waals surface area contributed by atoms with Crippen molar-refractivity contribution in [2.45, 2.75) is 72.3 Å². The third kappa shape index (κ3) is 9.84. The molecule has 2 unspecified atom stereocenters. The van der Waals surface area contributed by atoms with E-state index in [2.05, 4.69) is 10.6 Å². The zero-order chi connectivity index (χ0) is 25.8. The van der Waals surface area contributed by atoms with Gasteiger partial charge in [-0.1, -0.05) is 27.7 Å². The number of carbonyl (C=O) groups excluding carboxylic acids is 6. The van der Waals surface area contributed by atoms with Gasteiger partial charge >= 0.3 is 6.03 Å². The Morgan fingerprint density at radius 3 is 2.12 bits per heavy atom. The van der Waals surface area contributed by atoms with Gasteiger partial charge in [-0.05, 0) is 31.6 Å². The summed E-state index contributed by atoms with van der Waals surface area (Å²) in [5.74, 6) is -2.19. The number of nitrogens with zero attached hydrogens (tertiary/aromatic N) is 1. The number of Topliss-reactive ketones (excluding diaryl/α,β-unsaturated/α-hetero) is 2. The van der Waals surface area contributed by atoms with Crippen molar-refractivity contribution in [1.29, 1.82) is 0 Å². The smallest absolute Gasteiger partial charge is 0.312 e. The van der Waals surface area contributed by atoms with E-state index in [4.69, 9.17) is 5.73 Å². The number of amides is 5. The first-order chi connectivity index (χ1) is 15.9. The molecule has 10 nitrogen and oxygen atoms in total. The molecule has 0 bridgehead atoms. The van der Waals surface area contributed by atoms with Crippen LogP contribution in [0, 0.1) is 17.8 Å². The van der Waals surface area contributed by atoms with Crippen LogP contribution < -0.4 is 16.4 Å². The largest absolute Gasteiger partial charge is 0.352 e. The Hall–Kier alpha value is -3.04. The van der Waals surface area contributed by atoms with E-state index in [-0.39, 0.29) is 60.5 Å². The van der Waals surface area contributed by atoms with Gasteiger partial charge in [-0.3, -0.25) is 28.9 Å². The Morgan fingerprint density at radius 2 is 1.59 bits per heavy atom. The Kier molecular flexibility index (Phi) is 12.2. The second-order valence-electron chi connectivity index (χ2n) is 9.26. The molecule has 0 spiro atoms. The molecule has 0 aromatic carbocycles. The number of ketones is 2. The molecule has 0 aromatic rings. The number of nitrogens with two attached hydrogens (primary N) is 1. The molecule has 0 aromatic heterocycles. The molecule has 1 heterocycles. The lowest BCUT2D eigenvalue weighted by Gasteiger charge is -2.25. The molecule has 0 saturated carbocycles. The molecule has 2 atom stereocenters. The normalized spacial score (nSPS) is 15.1. The van der Waals surface area contributed by atoms with Crippen LogP contribution >= 0.6 is 0 Å². The molecular weight excluding hydrogens is 440 g/mol. The number of urea groups is 1. The third-order valence-corrected chi connectivity index (χ3v) is 5.77. The minimum absolute atomic E-state index is 0.0540. The average Bonchev–Trinajstić information content (AvgIpc) is 3.07. The first-order valence-electron chi connectivity index (χ1n) is 11.9. The molecule has 4 N–H and O–H groups in total. The molecule has 5 amide bonds. The molecule has 0 aliphatic carbocycles. The molecule has 190 valence electrons. The number of rotatable bonds is 16. The van der Waals surface area contributed by atoms with Crippen molar-refractivity contribution in [3.8, 4) is 0 Å². The maximum absolute atomic E-state index is 13.0. The van der Waals surface area contributed by atoms with Crippen molar-refractivity contribution in [2.75, 3.05) is 13.1 Å².